The predicted octanol–water partition coefficient (Wildman–Crippen LogP) is 4.15. The lowest BCUT2D eigenvalue weighted by molar-refractivity contribution is 0.103. The van der Waals surface area contributed by atoms with Crippen LogP contribution in [0.1, 0.15) is 34.8 Å². The van der Waals surface area contributed by atoms with Gasteiger partial charge in [-0.15, -0.1) is 0 Å². The van der Waals surface area contributed by atoms with E-state index in [9.17, 15) is 9.18 Å². The molecule has 0 atom stereocenters. The first-order valence-electron chi connectivity index (χ1n) is 6.65. The zero-order valence-electron chi connectivity index (χ0n) is 11.7. The molecule has 0 fully saturated rings. The quantitative estimate of drug-likeness (QED) is 0.764. The molecule has 0 N–H and O–H groups in total. The van der Waals surface area contributed by atoms with Gasteiger partial charge < -0.3 is 4.74 Å². The Labute approximate surface area is 118 Å². The Morgan fingerprint density at radius 1 is 1.10 bits per heavy atom. The minimum atomic E-state index is -0.392. The zero-order chi connectivity index (χ0) is 14.5. The van der Waals surface area contributed by atoms with Gasteiger partial charge in [0.2, 0.25) is 0 Å². The van der Waals surface area contributed by atoms with Gasteiger partial charge in [0.05, 0.1) is 6.61 Å². The van der Waals surface area contributed by atoms with Gasteiger partial charge in [0.1, 0.15) is 11.6 Å². The van der Waals surface area contributed by atoms with Gasteiger partial charge in [0.15, 0.2) is 5.78 Å². The fourth-order valence-corrected chi connectivity index (χ4v) is 1.96. The van der Waals surface area contributed by atoms with Gasteiger partial charge in [-0.2, -0.15) is 0 Å². The van der Waals surface area contributed by atoms with E-state index in [0.29, 0.717) is 17.7 Å². The minimum absolute atomic E-state index is 0.186. The van der Waals surface area contributed by atoms with Crippen LogP contribution in [-0.4, -0.2) is 12.4 Å². The summed E-state index contributed by atoms with van der Waals surface area (Å²) in [7, 11) is 0. The number of halogens is 1. The first-order valence-corrected chi connectivity index (χ1v) is 6.65. The molecule has 0 saturated carbocycles. The molecule has 0 unspecified atom stereocenters. The number of carbonyl (C=O) groups excluding carboxylic acids is 1. The molecular weight excluding hydrogens is 255 g/mol. The van der Waals surface area contributed by atoms with Crippen LogP contribution in [0.3, 0.4) is 0 Å². The van der Waals surface area contributed by atoms with E-state index in [-0.39, 0.29) is 5.78 Å². The summed E-state index contributed by atoms with van der Waals surface area (Å²) in [6, 6.07) is 11.3. The lowest BCUT2D eigenvalue weighted by Gasteiger charge is -2.06. The molecule has 0 aliphatic rings. The maximum atomic E-state index is 13.3. The van der Waals surface area contributed by atoms with Gasteiger partial charge in [0.25, 0.3) is 0 Å². The summed E-state index contributed by atoms with van der Waals surface area (Å²) < 4.78 is 18.8. The number of ether oxygens (including phenoxy) is 1. The molecular formula is C17H17FO2. The Morgan fingerprint density at radius 2 is 1.80 bits per heavy atom. The second-order valence-electron chi connectivity index (χ2n) is 4.72. The maximum Gasteiger partial charge on any atom is 0.193 e. The highest BCUT2D eigenvalue weighted by Crippen LogP contribution is 2.17. The van der Waals surface area contributed by atoms with Crippen LogP contribution in [0.25, 0.3) is 0 Å². The molecule has 0 aromatic heterocycles. The van der Waals surface area contributed by atoms with Crippen molar-refractivity contribution in [2.24, 2.45) is 0 Å². The van der Waals surface area contributed by atoms with E-state index in [1.807, 2.05) is 6.92 Å². The van der Waals surface area contributed by atoms with E-state index in [4.69, 9.17) is 4.74 Å². The molecule has 0 amide bonds. The molecule has 0 saturated heterocycles. The molecule has 104 valence electrons. The first kappa shape index (κ1) is 14.3. The summed E-state index contributed by atoms with van der Waals surface area (Å²) in [5.41, 5.74) is 1.62. The van der Waals surface area contributed by atoms with Gasteiger partial charge in [-0.05, 0) is 61.4 Å². The highest BCUT2D eigenvalue weighted by molar-refractivity contribution is 6.09. The lowest BCUT2D eigenvalue weighted by Crippen LogP contribution is -2.03. The summed E-state index contributed by atoms with van der Waals surface area (Å²) in [4.78, 5) is 12.3. The Balaban J connectivity index is 2.20. The number of carbonyl (C=O) groups is 1. The number of rotatable bonds is 5. The van der Waals surface area contributed by atoms with Crippen LogP contribution in [0.4, 0.5) is 4.39 Å². The van der Waals surface area contributed by atoms with Gasteiger partial charge in [0, 0.05) is 11.1 Å². The van der Waals surface area contributed by atoms with Crippen LogP contribution in [0, 0.1) is 12.7 Å². The molecule has 0 spiro atoms. The second kappa shape index (κ2) is 6.33. The van der Waals surface area contributed by atoms with E-state index in [0.717, 1.165) is 17.7 Å². The highest BCUT2D eigenvalue weighted by Gasteiger charge is 2.10. The Hall–Kier alpha value is -2.16. The predicted molar refractivity (Wildman–Crippen MR) is 76.8 cm³/mol. The van der Waals surface area contributed by atoms with E-state index < -0.39 is 5.82 Å². The normalized spacial score (nSPS) is 10.3. The van der Waals surface area contributed by atoms with Crippen LogP contribution < -0.4 is 4.74 Å². The van der Waals surface area contributed by atoms with Gasteiger partial charge in [-0.1, -0.05) is 6.92 Å². The average Bonchev–Trinajstić information content (AvgIpc) is 2.44. The highest BCUT2D eigenvalue weighted by atomic mass is 19.1. The molecule has 2 aromatic carbocycles. The Bertz CT molecular complexity index is 583. The first-order chi connectivity index (χ1) is 9.60. The maximum absolute atomic E-state index is 13.3. The molecule has 2 nitrogen and oxygen atoms in total. The molecule has 2 aromatic rings. The molecule has 0 radical (unpaired) electrons. The lowest BCUT2D eigenvalue weighted by atomic mass is 10.0. The summed E-state index contributed by atoms with van der Waals surface area (Å²) in [5, 5.41) is 0. The van der Waals surface area contributed by atoms with Crippen molar-refractivity contribution in [3.05, 3.63) is 65.0 Å². The third kappa shape index (κ3) is 3.44. The number of ketones is 1. The molecule has 0 aliphatic carbocycles. The molecule has 2 rings (SSSR count). The van der Waals surface area contributed by atoms with Crippen molar-refractivity contribution in [2.75, 3.05) is 6.61 Å². The van der Waals surface area contributed by atoms with Crippen molar-refractivity contribution >= 4 is 5.78 Å². The van der Waals surface area contributed by atoms with Crippen molar-refractivity contribution < 1.29 is 13.9 Å². The fraction of sp³-hybridized carbons (Fsp3) is 0.235. The number of aryl methyl sites for hydroxylation is 1. The Morgan fingerprint density at radius 3 is 2.40 bits per heavy atom. The van der Waals surface area contributed by atoms with Crippen LogP contribution >= 0.6 is 0 Å². The van der Waals surface area contributed by atoms with Crippen molar-refractivity contribution in [3.8, 4) is 5.75 Å². The van der Waals surface area contributed by atoms with Gasteiger partial charge in [-0.3, -0.25) is 4.79 Å². The summed E-state index contributed by atoms with van der Waals surface area (Å²) in [6.07, 6.45) is 0.934. The summed E-state index contributed by atoms with van der Waals surface area (Å²) in [5.74, 6) is 0.157. The third-order valence-electron chi connectivity index (χ3n) is 2.89. The van der Waals surface area contributed by atoms with Crippen molar-refractivity contribution in [3.63, 3.8) is 0 Å². The molecule has 0 aliphatic heterocycles. The minimum Gasteiger partial charge on any atom is -0.494 e. The number of hydrogen-bond donors (Lipinski definition) is 0. The molecule has 20 heavy (non-hydrogen) atoms. The van der Waals surface area contributed by atoms with E-state index in [1.54, 1.807) is 37.3 Å². The van der Waals surface area contributed by atoms with Crippen LogP contribution in [0.15, 0.2) is 42.5 Å². The van der Waals surface area contributed by atoms with E-state index >= 15 is 0 Å². The SMILES string of the molecule is CCCOc1ccc(C(=O)c2cc(C)cc(F)c2)cc1. The van der Waals surface area contributed by atoms with Crippen LogP contribution in [0.5, 0.6) is 5.75 Å². The third-order valence-corrected chi connectivity index (χ3v) is 2.89. The van der Waals surface area contributed by atoms with Crippen molar-refractivity contribution in [1.82, 2.24) is 0 Å². The monoisotopic (exact) mass is 272 g/mol. The smallest absolute Gasteiger partial charge is 0.193 e. The summed E-state index contributed by atoms with van der Waals surface area (Å²) in [6.45, 7) is 4.45. The fourth-order valence-electron chi connectivity index (χ4n) is 1.96. The second-order valence-corrected chi connectivity index (χ2v) is 4.72. The topological polar surface area (TPSA) is 26.3 Å². The summed E-state index contributed by atoms with van der Waals surface area (Å²) >= 11 is 0. The number of benzene rings is 2. The zero-order valence-corrected chi connectivity index (χ0v) is 11.7. The largest absolute Gasteiger partial charge is 0.494 e. The van der Waals surface area contributed by atoms with E-state index in [1.165, 1.54) is 12.1 Å². The van der Waals surface area contributed by atoms with Crippen molar-refractivity contribution in [1.29, 1.82) is 0 Å². The molecule has 3 heteroatoms. The van der Waals surface area contributed by atoms with E-state index in [2.05, 4.69) is 0 Å². The molecule has 0 heterocycles. The van der Waals surface area contributed by atoms with Crippen LogP contribution in [0.2, 0.25) is 0 Å². The standard InChI is InChI=1S/C17H17FO2/c1-3-8-20-16-6-4-13(5-7-16)17(19)14-9-12(2)10-15(18)11-14/h4-7,9-11H,3,8H2,1-2H3. The molecule has 0 bridgehead atoms. The van der Waals surface area contributed by atoms with Gasteiger partial charge >= 0.3 is 0 Å². The van der Waals surface area contributed by atoms with Crippen LogP contribution in [-0.2, 0) is 0 Å². The van der Waals surface area contributed by atoms with Gasteiger partial charge in [-0.25, -0.2) is 4.39 Å². The number of hydrogen-bond acceptors (Lipinski definition) is 2. The Kier molecular flexibility index (Phi) is 4.51. The van der Waals surface area contributed by atoms with Crippen molar-refractivity contribution in [2.45, 2.75) is 20.3 Å². The average molecular weight is 272 g/mol.